The normalized spacial score (nSPS) is 17.2. The number of benzene rings is 1. The summed E-state index contributed by atoms with van der Waals surface area (Å²) in [6.45, 7) is 6.48. The van der Waals surface area contributed by atoms with Gasteiger partial charge in [-0.25, -0.2) is 0 Å². The van der Waals surface area contributed by atoms with Crippen molar-refractivity contribution >= 4 is 4.35 Å². The number of nitrogens with zero attached hydrogens (tertiary/aromatic N) is 2. The van der Waals surface area contributed by atoms with Gasteiger partial charge in [0.2, 0.25) is 0 Å². The molecule has 0 amide bonds. The van der Waals surface area contributed by atoms with Crippen LogP contribution in [0.2, 0.25) is 0 Å². The van der Waals surface area contributed by atoms with Gasteiger partial charge in [-0.15, -0.1) is 0 Å². The minimum atomic E-state index is 0.202. The van der Waals surface area contributed by atoms with Gasteiger partial charge >= 0.3 is 123 Å². The van der Waals surface area contributed by atoms with Gasteiger partial charge in [0.25, 0.3) is 0 Å². The summed E-state index contributed by atoms with van der Waals surface area (Å²) in [5.41, 5.74) is 1.34. The van der Waals surface area contributed by atoms with Crippen molar-refractivity contribution < 1.29 is 21.4 Å². The zero-order valence-corrected chi connectivity index (χ0v) is 13.9. The van der Waals surface area contributed by atoms with Crippen LogP contribution in [0, 0.1) is 0 Å². The molecule has 0 atom stereocenters. The van der Waals surface area contributed by atoms with Crippen molar-refractivity contribution in [1.29, 1.82) is 0 Å². The molecule has 4 heteroatoms. The second-order valence-corrected chi connectivity index (χ2v) is 7.13. The first kappa shape index (κ1) is 14.8. The van der Waals surface area contributed by atoms with Crippen molar-refractivity contribution in [3.05, 3.63) is 29.8 Å². The summed E-state index contributed by atoms with van der Waals surface area (Å²) in [6, 6.07) is 8.44. The molecule has 1 fully saturated rings. The average Bonchev–Trinajstić information content (AvgIpc) is 2.68. The number of hydrogen-bond acceptors (Lipinski definition) is 3. The van der Waals surface area contributed by atoms with E-state index in [4.69, 9.17) is 4.74 Å². The Hall–Kier alpha value is -0.567. The maximum atomic E-state index is 5.89. The van der Waals surface area contributed by atoms with E-state index in [1.807, 2.05) is 0 Å². The predicted octanol–water partition coefficient (Wildman–Crippen LogP) is 2.02. The number of ether oxygens (including phenoxy) is 1. The predicted molar refractivity (Wildman–Crippen MR) is 76.2 cm³/mol. The zero-order chi connectivity index (χ0) is 13.8. The summed E-state index contributed by atoms with van der Waals surface area (Å²) in [4.78, 5) is 4.79. The van der Waals surface area contributed by atoms with Crippen molar-refractivity contribution in [2.24, 2.45) is 0 Å². The van der Waals surface area contributed by atoms with Gasteiger partial charge in [-0.2, -0.15) is 0 Å². The first-order valence-electron chi connectivity index (χ1n) is 6.68. The maximum absolute atomic E-state index is 5.89. The third-order valence-electron chi connectivity index (χ3n) is 3.03. The van der Waals surface area contributed by atoms with E-state index in [2.05, 4.69) is 62.0 Å². The van der Waals surface area contributed by atoms with Gasteiger partial charge in [0, 0.05) is 0 Å². The van der Waals surface area contributed by atoms with E-state index in [0.717, 1.165) is 23.9 Å². The van der Waals surface area contributed by atoms with Crippen molar-refractivity contribution in [3.8, 4) is 5.75 Å². The van der Waals surface area contributed by atoms with E-state index in [-0.39, 0.29) is 22.8 Å². The van der Waals surface area contributed by atoms with Gasteiger partial charge in [0.1, 0.15) is 0 Å². The molecule has 1 aromatic rings. The van der Waals surface area contributed by atoms with Crippen LogP contribution >= 0.6 is 0 Å². The molecule has 0 saturated carbocycles. The third kappa shape index (κ3) is 3.95. The van der Waals surface area contributed by atoms with E-state index in [1.54, 1.807) is 0 Å². The quantitative estimate of drug-likeness (QED) is 0.775. The topological polar surface area (TPSA) is 15.7 Å². The van der Waals surface area contributed by atoms with Gasteiger partial charge < -0.3 is 0 Å². The van der Waals surface area contributed by atoms with Gasteiger partial charge in [-0.1, -0.05) is 0 Å². The molecule has 2 rings (SSSR count). The molecule has 0 unspecified atom stereocenters. The standard InChI is InChI=1S/C10H13O.C5H10N2.Ru/c1-8(2)11-10-7-5-4-6-9(10)3;1-6-3-4-7(2)5-6;/h4-8H,3H2,1-2H3;3-4H2,1-2H3;/q;;+3. The van der Waals surface area contributed by atoms with Crippen LogP contribution in [0.25, 0.3) is 0 Å². The molecule has 1 aliphatic rings. The molecule has 3 nitrogen and oxygen atoms in total. The molecule has 0 aliphatic carbocycles. The fraction of sp³-hybridized carbons (Fsp3) is 0.533. The second-order valence-electron chi connectivity index (χ2n) is 5.13. The molecule has 1 aromatic carbocycles. The zero-order valence-electron chi connectivity index (χ0n) is 12.2. The Labute approximate surface area is 123 Å². The summed E-state index contributed by atoms with van der Waals surface area (Å²) >= 11 is 0.202. The molecule has 19 heavy (non-hydrogen) atoms. The fourth-order valence-corrected chi connectivity index (χ4v) is 4.50. The molecule has 1 heterocycles. The number of hydrogen-bond donors (Lipinski definition) is 0. The van der Waals surface area contributed by atoms with E-state index in [9.17, 15) is 0 Å². The minimum absolute atomic E-state index is 0.202. The molecule has 0 bridgehead atoms. The van der Waals surface area contributed by atoms with Crippen LogP contribution in [-0.2, 0) is 21.7 Å². The first-order chi connectivity index (χ1) is 9.08. The van der Waals surface area contributed by atoms with Crippen molar-refractivity contribution in [2.75, 3.05) is 27.2 Å². The first-order valence-corrected chi connectivity index (χ1v) is 8.77. The summed E-state index contributed by atoms with van der Waals surface area (Å²) in [6.07, 6.45) is 0.237. The summed E-state index contributed by atoms with van der Waals surface area (Å²) in [7, 11) is 4.40. The molecule has 0 N–H and O–H groups in total. The Morgan fingerprint density at radius 2 is 1.79 bits per heavy atom. The molecule has 104 valence electrons. The number of rotatable bonds is 4. The monoisotopic (exact) mass is 349 g/mol. The average molecular weight is 348 g/mol. The number of likely N-dealkylation sites (N-methyl/N-ethyl adjacent to an activating group) is 2. The van der Waals surface area contributed by atoms with Crippen LogP contribution in [0.5, 0.6) is 5.75 Å². The van der Waals surface area contributed by atoms with Crippen LogP contribution in [-0.4, -0.2) is 47.4 Å². The van der Waals surface area contributed by atoms with Gasteiger partial charge in [0.05, 0.1) is 0 Å². The number of para-hydroxylation sites is 1. The summed E-state index contributed by atoms with van der Waals surface area (Å²) in [5, 5.41) is 1.12. The fourth-order valence-electron chi connectivity index (χ4n) is 2.06. The Balaban J connectivity index is 2.13. The molecular formula is C15H23N2ORu+3. The van der Waals surface area contributed by atoms with Gasteiger partial charge in [-0.3, -0.25) is 0 Å². The molecule has 0 aromatic heterocycles. The Bertz CT molecular complexity index is 447. The van der Waals surface area contributed by atoms with E-state index < -0.39 is 0 Å². The van der Waals surface area contributed by atoms with Crippen molar-refractivity contribution in [1.82, 2.24) is 9.80 Å². The molecule has 1 aliphatic heterocycles. The van der Waals surface area contributed by atoms with E-state index in [0.29, 0.717) is 0 Å². The third-order valence-corrected chi connectivity index (χ3v) is 5.87. The van der Waals surface area contributed by atoms with Gasteiger partial charge in [0.15, 0.2) is 0 Å². The van der Waals surface area contributed by atoms with Crippen LogP contribution in [0.4, 0.5) is 0 Å². The molecule has 0 radical (unpaired) electrons. The summed E-state index contributed by atoms with van der Waals surface area (Å²) in [5.74, 6) is 1.05. The molecule has 0 spiro atoms. The van der Waals surface area contributed by atoms with Crippen LogP contribution < -0.4 is 4.74 Å². The van der Waals surface area contributed by atoms with Crippen LogP contribution in [0.3, 0.4) is 0 Å². The Morgan fingerprint density at radius 3 is 2.42 bits per heavy atom. The SMILES string of the molecule is CC(C)Oc1ccccc1[CH2][Ru+3]=[C]1N(C)CCN1C. The Kier molecular flexibility index (Phi) is 5.26. The molecule has 1 saturated heterocycles. The van der Waals surface area contributed by atoms with Crippen LogP contribution in [0.15, 0.2) is 24.3 Å². The van der Waals surface area contributed by atoms with Crippen molar-refractivity contribution in [3.63, 3.8) is 0 Å². The summed E-state index contributed by atoms with van der Waals surface area (Å²) < 4.78 is 7.41. The van der Waals surface area contributed by atoms with E-state index >= 15 is 0 Å². The molecular weight excluding hydrogens is 325 g/mol. The Morgan fingerprint density at radius 1 is 1.16 bits per heavy atom. The second kappa shape index (κ2) is 6.74. The van der Waals surface area contributed by atoms with E-state index in [1.165, 1.54) is 9.92 Å². The van der Waals surface area contributed by atoms with Crippen molar-refractivity contribution in [2.45, 2.75) is 25.0 Å². The van der Waals surface area contributed by atoms with Crippen LogP contribution in [0.1, 0.15) is 19.4 Å². The van der Waals surface area contributed by atoms with Gasteiger partial charge in [-0.05, 0) is 0 Å².